The molecule has 2 amide bonds. The highest BCUT2D eigenvalue weighted by Gasteiger charge is 2.08. The maximum Gasteiger partial charge on any atom is 0.319 e. The SMILES string of the molecule is COC[C@@H](C)NC(=O)Nc1ccccc1Cl. The molecule has 0 aromatic heterocycles. The Hall–Kier alpha value is -1.26. The Morgan fingerprint density at radius 2 is 2.19 bits per heavy atom. The lowest BCUT2D eigenvalue weighted by atomic mass is 10.3. The molecule has 0 fully saturated rings. The molecule has 4 nitrogen and oxygen atoms in total. The number of carbonyl (C=O) groups is 1. The van der Waals surface area contributed by atoms with Crippen molar-refractivity contribution in [3.63, 3.8) is 0 Å². The minimum atomic E-state index is -0.294. The summed E-state index contributed by atoms with van der Waals surface area (Å²) in [6.07, 6.45) is 0. The molecule has 2 N–H and O–H groups in total. The molecule has 0 unspecified atom stereocenters. The molecule has 0 bridgehead atoms. The lowest BCUT2D eigenvalue weighted by molar-refractivity contribution is 0.173. The molecule has 1 aromatic rings. The van der Waals surface area contributed by atoms with Crippen LogP contribution < -0.4 is 10.6 Å². The van der Waals surface area contributed by atoms with Crippen molar-refractivity contribution in [2.45, 2.75) is 13.0 Å². The monoisotopic (exact) mass is 242 g/mol. The van der Waals surface area contributed by atoms with Crippen LogP contribution in [0.2, 0.25) is 5.02 Å². The minimum absolute atomic E-state index is 0.0486. The molecule has 0 saturated heterocycles. The van der Waals surface area contributed by atoms with E-state index in [2.05, 4.69) is 10.6 Å². The van der Waals surface area contributed by atoms with Gasteiger partial charge in [-0.1, -0.05) is 23.7 Å². The fraction of sp³-hybridized carbons (Fsp3) is 0.364. The third-order valence-electron chi connectivity index (χ3n) is 1.92. The summed E-state index contributed by atoms with van der Waals surface area (Å²) in [6, 6.07) is 6.72. The molecule has 0 aliphatic rings. The number of amides is 2. The zero-order valence-electron chi connectivity index (χ0n) is 9.29. The second-order valence-electron chi connectivity index (χ2n) is 3.43. The summed E-state index contributed by atoms with van der Waals surface area (Å²) < 4.78 is 4.91. The fourth-order valence-electron chi connectivity index (χ4n) is 1.24. The highest BCUT2D eigenvalue weighted by molar-refractivity contribution is 6.33. The number of methoxy groups -OCH3 is 1. The van der Waals surface area contributed by atoms with E-state index in [1.54, 1.807) is 31.4 Å². The van der Waals surface area contributed by atoms with E-state index in [1.165, 1.54) is 0 Å². The van der Waals surface area contributed by atoms with Gasteiger partial charge in [-0.3, -0.25) is 0 Å². The number of anilines is 1. The Morgan fingerprint density at radius 1 is 1.50 bits per heavy atom. The highest BCUT2D eigenvalue weighted by atomic mass is 35.5. The zero-order chi connectivity index (χ0) is 12.0. The Bertz CT molecular complexity index is 358. The number of rotatable bonds is 4. The standard InChI is InChI=1S/C11H15ClN2O2/c1-8(7-16-2)13-11(15)14-10-6-4-3-5-9(10)12/h3-6,8H,7H2,1-2H3,(H2,13,14,15)/t8-/m1/s1. The first-order valence-corrected chi connectivity index (χ1v) is 5.32. The third kappa shape index (κ3) is 4.08. The molecular weight excluding hydrogens is 228 g/mol. The van der Waals surface area contributed by atoms with Gasteiger partial charge in [0.25, 0.3) is 0 Å². The van der Waals surface area contributed by atoms with Crippen molar-refractivity contribution in [2.75, 3.05) is 19.0 Å². The van der Waals surface area contributed by atoms with Gasteiger partial charge in [-0.2, -0.15) is 0 Å². The van der Waals surface area contributed by atoms with Gasteiger partial charge in [-0.25, -0.2) is 4.79 Å². The second-order valence-corrected chi connectivity index (χ2v) is 3.84. The van der Waals surface area contributed by atoms with E-state index in [0.29, 0.717) is 17.3 Å². The molecule has 16 heavy (non-hydrogen) atoms. The van der Waals surface area contributed by atoms with Gasteiger partial charge >= 0.3 is 6.03 Å². The van der Waals surface area contributed by atoms with E-state index in [9.17, 15) is 4.79 Å². The first-order valence-electron chi connectivity index (χ1n) is 4.94. The molecule has 0 radical (unpaired) electrons. The van der Waals surface area contributed by atoms with Crippen molar-refractivity contribution in [1.82, 2.24) is 5.32 Å². The number of carbonyl (C=O) groups excluding carboxylic acids is 1. The number of para-hydroxylation sites is 1. The quantitative estimate of drug-likeness (QED) is 0.852. The van der Waals surface area contributed by atoms with Gasteiger partial charge in [0, 0.05) is 7.11 Å². The number of halogens is 1. The molecule has 1 aromatic carbocycles. The van der Waals surface area contributed by atoms with Crippen molar-refractivity contribution in [2.24, 2.45) is 0 Å². The molecule has 88 valence electrons. The average molecular weight is 243 g/mol. The highest BCUT2D eigenvalue weighted by Crippen LogP contribution is 2.19. The molecule has 0 heterocycles. The van der Waals surface area contributed by atoms with Crippen molar-refractivity contribution in [3.8, 4) is 0 Å². The lowest BCUT2D eigenvalue weighted by Gasteiger charge is -2.14. The minimum Gasteiger partial charge on any atom is -0.383 e. The predicted octanol–water partition coefficient (Wildman–Crippen LogP) is 2.50. The van der Waals surface area contributed by atoms with Crippen LogP contribution in [0.3, 0.4) is 0 Å². The Kier molecular flexibility index (Phi) is 5.08. The molecule has 0 spiro atoms. The summed E-state index contributed by atoms with van der Waals surface area (Å²) in [6.45, 7) is 2.33. The van der Waals surface area contributed by atoms with Crippen molar-refractivity contribution < 1.29 is 9.53 Å². The molecule has 0 aliphatic carbocycles. The lowest BCUT2D eigenvalue weighted by Crippen LogP contribution is -2.38. The topological polar surface area (TPSA) is 50.4 Å². The molecule has 1 atom stereocenters. The first kappa shape index (κ1) is 12.8. The molecule has 0 saturated carbocycles. The average Bonchev–Trinajstić information content (AvgIpc) is 2.21. The molecule has 0 aliphatic heterocycles. The van der Waals surface area contributed by atoms with Crippen LogP contribution in [0.5, 0.6) is 0 Å². The predicted molar refractivity (Wildman–Crippen MR) is 64.9 cm³/mol. The first-order chi connectivity index (χ1) is 7.63. The second kappa shape index (κ2) is 6.35. The van der Waals surface area contributed by atoms with Crippen LogP contribution >= 0.6 is 11.6 Å². The van der Waals surface area contributed by atoms with Crippen molar-refractivity contribution in [3.05, 3.63) is 29.3 Å². The summed E-state index contributed by atoms with van der Waals surface area (Å²) >= 11 is 5.90. The third-order valence-corrected chi connectivity index (χ3v) is 2.25. The van der Waals surface area contributed by atoms with Crippen LogP contribution in [0.15, 0.2) is 24.3 Å². The zero-order valence-corrected chi connectivity index (χ0v) is 10.0. The van der Waals surface area contributed by atoms with E-state index >= 15 is 0 Å². The van der Waals surface area contributed by atoms with Gasteiger partial charge in [-0.05, 0) is 19.1 Å². The van der Waals surface area contributed by atoms with E-state index in [1.807, 2.05) is 6.92 Å². The number of ether oxygens (including phenoxy) is 1. The maximum absolute atomic E-state index is 11.5. The summed E-state index contributed by atoms with van der Waals surface area (Å²) in [5, 5.41) is 5.90. The van der Waals surface area contributed by atoms with Crippen LogP contribution in [0.4, 0.5) is 10.5 Å². The molecular formula is C11H15ClN2O2. The normalized spacial score (nSPS) is 11.9. The van der Waals surface area contributed by atoms with Crippen molar-refractivity contribution in [1.29, 1.82) is 0 Å². The largest absolute Gasteiger partial charge is 0.383 e. The van der Waals surface area contributed by atoms with E-state index in [4.69, 9.17) is 16.3 Å². The van der Waals surface area contributed by atoms with E-state index in [0.717, 1.165) is 0 Å². The van der Waals surface area contributed by atoms with Gasteiger partial charge in [0.15, 0.2) is 0 Å². The molecule has 5 heteroatoms. The number of benzene rings is 1. The summed E-state index contributed by atoms with van der Waals surface area (Å²) in [4.78, 5) is 11.5. The Labute approximate surface area is 99.9 Å². The van der Waals surface area contributed by atoms with E-state index in [-0.39, 0.29) is 12.1 Å². The van der Waals surface area contributed by atoms with Gasteiger partial charge in [0.1, 0.15) is 0 Å². The maximum atomic E-state index is 11.5. The number of hydrogen-bond acceptors (Lipinski definition) is 2. The number of hydrogen-bond donors (Lipinski definition) is 2. The fourth-order valence-corrected chi connectivity index (χ4v) is 1.42. The van der Waals surface area contributed by atoms with Gasteiger partial charge in [0.2, 0.25) is 0 Å². The van der Waals surface area contributed by atoms with E-state index < -0.39 is 0 Å². The van der Waals surface area contributed by atoms with Gasteiger partial charge in [0.05, 0.1) is 23.4 Å². The van der Waals surface area contributed by atoms with Crippen LogP contribution in [0, 0.1) is 0 Å². The van der Waals surface area contributed by atoms with Crippen LogP contribution in [-0.4, -0.2) is 25.8 Å². The van der Waals surface area contributed by atoms with Gasteiger partial charge in [-0.15, -0.1) is 0 Å². The smallest absolute Gasteiger partial charge is 0.319 e. The van der Waals surface area contributed by atoms with Crippen LogP contribution in [0.25, 0.3) is 0 Å². The summed E-state index contributed by atoms with van der Waals surface area (Å²) in [5.41, 5.74) is 0.589. The molecule has 1 rings (SSSR count). The van der Waals surface area contributed by atoms with Crippen LogP contribution in [0.1, 0.15) is 6.92 Å². The summed E-state index contributed by atoms with van der Waals surface area (Å²) in [5.74, 6) is 0. The Balaban J connectivity index is 2.49. The summed E-state index contributed by atoms with van der Waals surface area (Å²) in [7, 11) is 1.59. The van der Waals surface area contributed by atoms with Gasteiger partial charge < -0.3 is 15.4 Å². The number of urea groups is 1. The number of nitrogens with one attached hydrogen (secondary N) is 2. The van der Waals surface area contributed by atoms with Crippen LogP contribution in [-0.2, 0) is 4.74 Å². The van der Waals surface area contributed by atoms with Crippen molar-refractivity contribution >= 4 is 23.3 Å². The Morgan fingerprint density at radius 3 is 2.81 bits per heavy atom.